The van der Waals surface area contributed by atoms with Crippen LogP contribution in [0.1, 0.15) is 5.56 Å². The van der Waals surface area contributed by atoms with Crippen LogP contribution in [0.4, 0.5) is 5.69 Å². The molecule has 0 bridgehead atoms. The molecule has 0 amide bonds. The standard InChI is InChI=1S/C16H14N2S/c1-12-9-10-15(16-14(12)8-5-11-17-16)18-19-13-6-3-2-4-7-13/h2-11,18H,1H3. The Morgan fingerprint density at radius 1 is 0.947 bits per heavy atom. The minimum atomic E-state index is 1.02. The number of hydrogen-bond acceptors (Lipinski definition) is 3. The number of nitrogens with one attached hydrogen (secondary N) is 1. The summed E-state index contributed by atoms with van der Waals surface area (Å²) < 4.78 is 3.39. The summed E-state index contributed by atoms with van der Waals surface area (Å²) in [6.07, 6.45) is 1.83. The fourth-order valence-electron chi connectivity index (χ4n) is 2.00. The molecule has 0 aliphatic rings. The quantitative estimate of drug-likeness (QED) is 0.698. The lowest BCUT2D eigenvalue weighted by molar-refractivity contribution is 1.39. The predicted molar refractivity (Wildman–Crippen MR) is 82.4 cm³/mol. The average molecular weight is 266 g/mol. The Morgan fingerprint density at radius 2 is 1.79 bits per heavy atom. The molecule has 0 spiro atoms. The second-order valence-electron chi connectivity index (χ2n) is 4.35. The lowest BCUT2D eigenvalue weighted by Gasteiger charge is -2.09. The lowest BCUT2D eigenvalue weighted by Crippen LogP contribution is -1.91. The molecule has 0 unspecified atom stereocenters. The van der Waals surface area contributed by atoms with Crippen LogP contribution in [0.3, 0.4) is 0 Å². The Bertz CT molecular complexity index is 695. The SMILES string of the molecule is Cc1ccc(NSc2ccccc2)c2ncccc12. The first-order valence-corrected chi connectivity index (χ1v) is 6.98. The molecule has 3 aromatic rings. The van der Waals surface area contributed by atoms with Crippen LogP contribution in [0.25, 0.3) is 10.9 Å². The summed E-state index contributed by atoms with van der Waals surface area (Å²) in [7, 11) is 0. The molecule has 2 nitrogen and oxygen atoms in total. The van der Waals surface area contributed by atoms with Crippen molar-refractivity contribution in [1.82, 2.24) is 4.98 Å². The minimum Gasteiger partial charge on any atom is -0.324 e. The molecule has 0 radical (unpaired) electrons. The molecule has 94 valence electrons. The molecular weight excluding hydrogens is 252 g/mol. The Kier molecular flexibility index (Phi) is 3.38. The van der Waals surface area contributed by atoms with Crippen LogP contribution in [0.5, 0.6) is 0 Å². The van der Waals surface area contributed by atoms with Gasteiger partial charge in [-0.25, -0.2) is 0 Å². The maximum atomic E-state index is 4.48. The summed E-state index contributed by atoms with van der Waals surface area (Å²) in [5.74, 6) is 0. The van der Waals surface area contributed by atoms with Crippen molar-refractivity contribution >= 4 is 28.5 Å². The van der Waals surface area contributed by atoms with Gasteiger partial charge in [-0.2, -0.15) is 0 Å². The molecule has 0 saturated carbocycles. The van der Waals surface area contributed by atoms with Gasteiger partial charge in [-0.05, 0) is 48.7 Å². The van der Waals surface area contributed by atoms with Crippen molar-refractivity contribution in [3.63, 3.8) is 0 Å². The highest BCUT2D eigenvalue weighted by Gasteiger charge is 2.04. The third kappa shape index (κ3) is 2.56. The highest BCUT2D eigenvalue weighted by molar-refractivity contribution is 8.00. The summed E-state index contributed by atoms with van der Waals surface area (Å²) in [6.45, 7) is 2.11. The van der Waals surface area contributed by atoms with Gasteiger partial charge in [0.15, 0.2) is 0 Å². The maximum Gasteiger partial charge on any atom is 0.0944 e. The van der Waals surface area contributed by atoms with Gasteiger partial charge < -0.3 is 4.72 Å². The number of aryl methyl sites for hydroxylation is 1. The molecule has 3 heteroatoms. The number of anilines is 1. The summed E-state index contributed by atoms with van der Waals surface area (Å²) in [6, 6.07) is 18.6. The Morgan fingerprint density at radius 3 is 2.63 bits per heavy atom. The Labute approximate surface area is 117 Å². The van der Waals surface area contributed by atoms with Crippen LogP contribution in [-0.4, -0.2) is 4.98 Å². The highest BCUT2D eigenvalue weighted by Crippen LogP contribution is 2.28. The van der Waals surface area contributed by atoms with Crippen molar-refractivity contribution in [2.75, 3.05) is 4.72 Å². The van der Waals surface area contributed by atoms with Gasteiger partial charge in [-0.15, -0.1) is 0 Å². The Balaban J connectivity index is 1.91. The van der Waals surface area contributed by atoms with Crippen molar-refractivity contribution in [3.8, 4) is 0 Å². The lowest BCUT2D eigenvalue weighted by atomic mass is 10.1. The van der Waals surface area contributed by atoms with Gasteiger partial charge in [-0.1, -0.05) is 30.3 Å². The van der Waals surface area contributed by atoms with Crippen LogP contribution in [0.15, 0.2) is 65.7 Å². The number of aromatic nitrogens is 1. The second-order valence-corrected chi connectivity index (χ2v) is 5.23. The predicted octanol–water partition coefficient (Wildman–Crippen LogP) is 4.66. The van der Waals surface area contributed by atoms with Crippen molar-refractivity contribution in [2.24, 2.45) is 0 Å². The van der Waals surface area contributed by atoms with Gasteiger partial charge >= 0.3 is 0 Å². The van der Waals surface area contributed by atoms with E-state index in [9.17, 15) is 0 Å². The van der Waals surface area contributed by atoms with E-state index in [1.54, 1.807) is 11.9 Å². The van der Waals surface area contributed by atoms with E-state index in [1.807, 2.05) is 30.5 Å². The largest absolute Gasteiger partial charge is 0.324 e. The van der Waals surface area contributed by atoms with Crippen molar-refractivity contribution in [1.29, 1.82) is 0 Å². The third-order valence-electron chi connectivity index (χ3n) is 3.01. The van der Waals surface area contributed by atoms with E-state index in [-0.39, 0.29) is 0 Å². The molecule has 0 aliphatic heterocycles. The summed E-state index contributed by atoms with van der Waals surface area (Å²) in [5, 5.41) is 1.20. The highest BCUT2D eigenvalue weighted by atomic mass is 32.2. The van der Waals surface area contributed by atoms with Crippen molar-refractivity contribution < 1.29 is 0 Å². The smallest absolute Gasteiger partial charge is 0.0944 e. The molecule has 19 heavy (non-hydrogen) atoms. The molecule has 1 N–H and O–H groups in total. The zero-order valence-corrected chi connectivity index (χ0v) is 11.4. The summed E-state index contributed by atoms with van der Waals surface area (Å²) >= 11 is 1.60. The van der Waals surface area contributed by atoms with Crippen LogP contribution in [0, 0.1) is 6.92 Å². The van der Waals surface area contributed by atoms with E-state index < -0.39 is 0 Å². The second kappa shape index (κ2) is 5.33. The summed E-state index contributed by atoms with van der Waals surface area (Å²) in [5.41, 5.74) is 3.32. The van der Waals surface area contributed by atoms with Crippen LogP contribution < -0.4 is 4.72 Å². The monoisotopic (exact) mass is 266 g/mol. The maximum absolute atomic E-state index is 4.48. The van der Waals surface area contributed by atoms with Gasteiger partial charge in [0.2, 0.25) is 0 Å². The zero-order chi connectivity index (χ0) is 13.1. The molecule has 1 heterocycles. The van der Waals surface area contributed by atoms with E-state index in [1.165, 1.54) is 15.8 Å². The van der Waals surface area contributed by atoms with E-state index in [0.717, 1.165) is 11.2 Å². The van der Waals surface area contributed by atoms with Crippen LogP contribution >= 0.6 is 11.9 Å². The topological polar surface area (TPSA) is 24.9 Å². The van der Waals surface area contributed by atoms with Crippen LogP contribution in [-0.2, 0) is 0 Å². The molecular formula is C16H14N2S. The fourth-order valence-corrected chi connectivity index (χ4v) is 2.69. The average Bonchev–Trinajstić information content (AvgIpc) is 2.48. The third-order valence-corrected chi connectivity index (χ3v) is 3.84. The molecule has 0 saturated heterocycles. The normalized spacial score (nSPS) is 10.6. The van der Waals surface area contributed by atoms with Gasteiger partial charge in [0.05, 0.1) is 11.2 Å². The van der Waals surface area contributed by atoms with E-state index >= 15 is 0 Å². The minimum absolute atomic E-state index is 1.02. The summed E-state index contributed by atoms with van der Waals surface area (Å²) in [4.78, 5) is 5.67. The number of rotatable bonds is 3. The van der Waals surface area contributed by atoms with Gasteiger partial charge in [-0.3, -0.25) is 4.98 Å². The fraction of sp³-hybridized carbons (Fsp3) is 0.0625. The van der Waals surface area contributed by atoms with E-state index in [0.29, 0.717) is 0 Å². The number of fused-ring (bicyclic) bond motifs is 1. The first kappa shape index (κ1) is 12.1. The number of nitrogens with zero attached hydrogens (tertiary/aromatic N) is 1. The van der Waals surface area contributed by atoms with Gasteiger partial charge in [0, 0.05) is 16.5 Å². The molecule has 1 aromatic heterocycles. The van der Waals surface area contributed by atoms with Gasteiger partial charge in [0.1, 0.15) is 0 Å². The molecule has 0 atom stereocenters. The van der Waals surface area contributed by atoms with Crippen molar-refractivity contribution in [2.45, 2.75) is 11.8 Å². The van der Waals surface area contributed by atoms with E-state index in [2.05, 4.69) is 47.0 Å². The number of hydrogen-bond donors (Lipinski definition) is 1. The Hall–Kier alpha value is -2.00. The first-order chi connectivity index (χ1) is 9.34. The number of pyridine rings is 1. The van der Waals surface area contributed by atoms with Gasteiger partial charge in [0.25, 0.3) is 0 Å². The first-order valence-electron chi connectivity index (χ1n) is 6.17. The van der Waals surface area contributed by atoms with Crippen molar-refractivity contribution in [3.05, 3.63) is 66.4 Å². The molecule has 3 rings (SSSR count). The molecule has 0 aliphatic carbocycles. The molecule has 0 fully saturated rings. The van der Waals surface area contributed by atoms with Crippen LogP contribution in [0.2, 0.25) is 0 Å². The molecule has 2 aromatic carbocycles. The van der Waals surface area contributed by atoms with E-state index in [4.69, 9.17) is 0 Å². The number of benzene rings is 2. The zero-order valence-electron chi connectivity index (χ0n) is 10.6.